The number of halogens is 1. The van der Waals surface area contributed by atoms with Crippen molar-refractivity contribution in [3.63, 3.8) is 0 Å². The maximum atomic E-state index is 13.1. The molecule has 160 valence electrons. The summed E-state index contributed by atoms with van der Waals surface area (Å²) in [4.78, 5) is 3.70. The van der Waals surface area contributed by atoms with E-state index in [0.29, 0.717) is 6.42 Å². The van der Waals surface area contributed by atoms with E-state index in [9.17, 15) is 5.11 Å². The van der Waals surface area contributed by atoms with Crippen molar-refractivity contribution >= 4 is 22.5 Å². The summed E-state index contributed by atoms with van der Waals surface area (Å²) in [7, 11) is 4.28. The second kappa shape index (κ2) is 5.62. The summed E-state index contributed by atoms with van der Waals surface area (Å²) in [6, 6.07) is 6.47. The number of aromatic nitrogens is 1. The van der Waals surface area contributed by atoms with E-state index in [1.807, 2.05) is 11.4 Å². The summed E-state index contributed by atoms with van der Waals surface area (Å²) in [5, 5.41) is 16.0. The molecule has 0 bridgehead atoms. The molecule has 2 aromatic rings. The van der Waals surface area contributed by atoms with Crippen molar-refractivity contribution in [3.8, 4) is 0 Å². The molecule has 0 saturated heterocycles. The smallest absolute Gasteiger partial charge is 0.152 e. The predicted molar refractivity (Wildman–Crippen MR) is 123 cm³/mol. The first-order valence-corrected chi connectivity index (χ1v) is 11.4. The largest absolute Gasteiger partial charge is 0.467 e. The molecule has 3 aliphatic rings. The molecule has 3 aliphatic carbocycles. The van der Waals surface area contributed by atoms with E-state index in [0.717, 1.165) is 16.8 Å². The summed E-state index contributed by atoms with van der Waals surface area (Å²) in [5.41, 5.74) is 1.48. The van der Waals surface area contributed by atoms with Crippen molar-refractivity contribution in [1.29, 1.82) is 0 Å². The first kappa shape index (κ1) is 20.4. The van der Waals surface area contributed by atoms with Crippen LogP contribution in [-0.2, 0) is 16.4 Å². The average Bonchev–Trinajstić information content (AvgIpc) is 3.08. The van der Waals surface area contributed by atoms with Gasteiger partial charge in [0.05, 0.1) is 5.41 Å². The summed E-state index contributed by atoms with van der Waals surface area (Å²) in [6.07, 6.45) is 7.07. The molecule has 0 spiro atoms. The van der Waals surface area contributed by atoms with E-state index < -0.39 is 16.6 Å². The number of aliphatic hydroxyl groups is 1. The van der Waals surface area contributed by atoms with Crippen LogP contribution < -0.4 is 5.32 Å². The highest BCUT2D eigenvalue weighted by Gasteiger charge is 2.74. The Morgan fingerprint density at radius 2 is 1.93 bits per heavy atom. The van der Waals surface area contributed by atoms with E-state index in [2.05, 4.69) is 83.6 Å². The fourth-order valence-corrected chi connectivity index (χ4v) is 7.53. The van der Waals surface area contributed by atoms with Crippen LogP contribution in [0.2, 0.25) is 0 Å². The number of hydrogen-bond donors (Lipinski definition) is 3. The molecule has 1 fully saturated rings. The van der Waals surface area contributed by atoms with Crippen molar-refractivity contribution in [2.24, 2.45) is 11.3 Å². The molecule has 1 aromatic carbocycles. The number of H-pyrrole nitrogens is 1. The molecule has 5 atom stereocenters. The molecule has 30 heavy (non-hydrogen) atoms. The maximum absolute atomic E-state index is 13.1. The fraction of sp³-hybridized carbons (Fsp3) is 0.500. The van der Waals surface area contributed by atoms with Crippen LogP contribution in [0, 0.1) is 18.4 Å². The van der Waals surface area contributed by atoms with Gasteiger partial charge in [0.15, 0.2) is 5.60 Å². The van der Waals surface area contributed by atoms with Gasteiger partial charge in [-0.15, -0.1) is 18.2 Å². The van der Waals surface area contributed by atoms with E-state index >= 15 is 0 Å². The molecule has 5 rings (SSSR count). The first-order chi connectivity index (χ1) is 13.9. The summed E-state index contributed by atoms with van der Waals surface area (Å²) < 4.78 is 0. The highest BCUT2D eigenvalue weighted by atomic mass is 35.5. The molecule has 1 saturated carbocycles. The Morgan fingerprint density at radius 1 is 1.23 bits per heavy atom. The third-order valence-electron chi connectivity index (χ3n) is 9.04. The number of hydrogen-bond acceptors (Lipinski definition) is 1. The number of nitrogens with two attached hydrogens (primary N) is 1. The first-order valence-electron chi connectivity index (χ1n) is 10.9. The van der Waals surface area contributed by atoms with Gasteiger partial charge in [-0.3, -0.25) is 0 Å². The monoisotopic (exact) mass is 424 g/mol. The third kappa shape index (κ3) is 1.88. The number of rotatable bonds is 2. The van der Waals surface area contributed by atoms with Crippen LogP contribution in [-0.4, -0.2) is 21.0 Å². The van der Waals surface area contributed by atoms with Crippen LogP contribution in [0.5, 0.6) is 0 Å². The van der Waals surface area contributed by atoms with Gasteiger partial charge >= 0.3 is 0 Å². The van der Waals surface area contributed by atoms with Gasteiger partial charge in [-0.2, -0.15) is 7.05 Å². The highest BCUT2D eigenvalue weighted by molar-refractivity contribution is 6.21. The normalized spacial score (nSPS) is 40.3. The molecular weight excluding hydrogens is 392 g/mol. The standard InChI is InChI=1S/C26H33ClN2O/c1-8-24(6)18(27)14-17-23(4,5)15-10-9-11-16-19(15)20-21(29-16)22(2,3)12-13-25(24,28-7)26(17,20)30/h8-13,17-18,29-30H,1,7,14,28H2,2-6H3. The molecule has 0 amide bonds. The van der Waals surface area contributed by atoms with Gasteiger partial charge in [0, 0.05) is 38.9 Å². The maximum Gasteiger partial charge on any atom is 0.152 e. The van der Waals surface area contributed by atoms with E-state index in [4.69, 9.17) is 11.6 Å². The predicted octanol–water partition coefficient (Wildman–Crippen LogP) is 4.41. The van der Waals surface area contributed by atoms with Gasteiger partial charge in [-0.25, -0.2) is 0 Å². The molecular formula is C26H33ClN2O. The van der Waals surface area contributed by atoms with Crippen molar-refractivity contribution in [2.45, 2.75) is 68.4 Å². The number of alkyl halides is 1. The van der Waals surface area contributed by atoms with Crippen molar-refractivity contribution in [1.82, 2.24) is 4.98 Å². The van der Waals surface area contributed by atoms with Crippen molar-refractivity contribution in [3.05, 3.63) is 66.9 Å². The second-order valence-electron chi connectivity index (χ2n) is 11.0. The SMILES string of the molecule is C=CC1(C)C(Cl)CC2C(C)(C)c3cccc4[nH]c5c(c34)C2(O)C1([NH2+][CH2-])C=CC5(C)C. The van der Waals surface area contributed by atoms with Gasteiger partial charge in [0.1, 0.15) is 5.54 Å². The average molecular weight is 425 g/mol. The summed E-state index contributed by atoms with van der Waals surface area (Å²) in [5.74, 6) is -0.0651. The Hall–Kier alpha value is -1.55. The molecule has 1 heterocycles. The van der Waals surface area contributed by atoms with Crippen LogP contribution >= 0.6 is 11.6 Å². The Morgan fingerprint density at radius 3 is 2.57 bits per heavy atom. The van der Waals surface area contributed by atoms with Crippen LogP contribution in [0.4, 0.5) is 0 Å². The number of allylic oxidation sites excluding steroid dienone is 1. The molecule has 0 aliphatic heterocycles. The fourth-order valence-electron chi connectivity index (χ4n) is 7.09. The third-order valence-corrected chi connectivity index (χ3v) is 9.67. The summed E-state index contributed by atoms with van der Waals surface area (Å²) in [6.45, 7) is 15.3. The van der Waals surface area contributed by atoms with Crippen molar-refractivity contribution < 1.29 is 10.4 Å². The van der Waals surface area contributed by atoms with Gasteiger partial charge in [0.2, 0.25) is 0 Å². The van der Waals surface area contributed by atoms with Gasteiger partial charge < -0.3 is 15.4 Å². The summed E-state index contributed by atoms with van der Waals surface area (Å²) >= 11 is 7.15. The van der Waals surface area contributed by atoms with Crippen LogP contribution in [0.1, 0.15) is 57.9 Å². The van der Waals surface area contributed by atoms with Gasteiger partial charge in [0.25, 0.3) is 0 Å². The highest BCUT2D eigenvalue weighted by Crippen LogP contribution is 2.67. The van der Waals surface area contributed by atoms with Crippen molar-refractivity contribution in [2.75, 3.05) is 0 Å². The minimum atomic E-state index is -1.15. The topological polar surface area (TPSA) is 52.6 Å². The number of aromatic amines is 1. The van der Waals surface area contributed by atoms with Gasteiger partial charge in [-0.05, 0) is 36.5 Å². The lowest BCUT2D eigenvalue weighted by molar-refractivity contribution is -0.705. The Bertz CT molecular complexity index is 1110. The molecule has 0 radical (unpaired) electrons. The molecule has 4 N–H and O–H groups in total. The van der Waals surface area contributed by atoms with Crippen LogP contribution in [0.3, 0.4) is 0 Å². The zero-order chi connectivity index (χ0) is 21.9. The number of benzene rings is 1. The second-order valence-corrected chi connectivity index (χ2v) is 11.5. The number of nitrogens with one attached hydrogen (secondary N) is 1. The van der Waals surface area contributed by atoms with E-state index in [1.54, 1.807) is 0 Å². The lowest BCUT2D eigenvalue weighted by Crippen LogP contribution is -3.02. The molecule has 5 unspecified atom stereocenters. The Labute approximate surface area is 184 Å². The van der Waals surface area contributed by atoms with E-state index in [1.165, 1.54) is 10.9 Å². The zero-order valence-electron chi connectivity index (χ0n) is 18.6. The lowest BCUT2D eigenvalue weighted by Gasteiger charge is -2.65. The quantitative estimate of drug-likeness (QED) is 0.373. The minimum absolute atomic E-state index is 0.0651. The molecule has 3 nitrogen and oxygen atoms in total. The molecule has 4 heteroatoms. The zero-order valence-corrected chi connectivity index (χ0v) is 19.4. The van der Waals surface area contributed by atoms with Crippen LogP contribution in [0.25, 0.3) is 10.9 Å². The Kier molecular flexibility index (Phi) is 3.81. The van der Waals surface area contributed by atoms with Crippen LogP contribution in [0.15, 0.2) is 43.0 Å². The lowest BCUT2D eigenvalue weighted by atomic mass is 9.43. The molecule has 1 aromatic heterocycles. The minimum Gasteiger partial charge on any atom is -0.467 e. The van der Waals surface area contributed by atoms with E-state index in [-0.39, 0.29) is 22.1 Å². The Balaban J connectivity index is 2.06. The van der Waals surface area contributed by atoms with Gasteiger partial charge in [-0.1, -0.05) is 52.0 Å². The number of quaternary nitrogens is 1.